The Bertz CT molecular complexity index is 498. The van der Waals surface area contributed by atoms with Gasteiger partial charge in [0, 0.05) is 25.0 Å². The van der Waals surface area contributed by atoms with Crippen molar-refractivity contribution in [3.8, 4) is 0 Å². The molecular formula is C11H13N3O. The van der Waals surface area contributed by atoms with Crippen LogP contribution >= 0.6 is 0 Å². The van der Waals surface area contributed by atoms with E-state index in [0.29, 0.717) is 6.54 Å². The molecule has 0 bridgehead atoms. The molecule has 78 valence electrons. The molecular weight excluding hydrogens is 190 g/mol. The maximum Gasteiger partial charge on any atom is 0.250 e. The van der Waals surface area contributed by atoms with E-state index in [1.165, 1.54) is 0 Å². The van der Waals surface area contributed by atoms with Gasteiger partial charge in [0.05, 0.1) is 18.6 Å². The summed E-state index contributed by atoms with van der Waals surface area (Å²) < 4.78 is 3.70. The van der Waals surface area contributed by atoms with Crippen molar-refractivity contribution in [2.45, 2.75) is 20.0 Å². The molecule has 2 heterocycles. The predicted octanol–water partition coefficient (Wildman–Crippen LogP) is 1.11. The van der Waals surface area contributed by atoms with Crippen molar-refractivity contribution in [2.24, 2.45) is 0 Å². The minimum Gasteiger partial charge on any atom is -0.333 e. The Morgan fingerprint density at radius 3 is 2.93 bits per heavy atom. The first-order valence-electron chi connectivity index (χ1n) is 4.95. The summed E-state index contributed by atoms with van der Waals surface area (Å²) in [5, 5.41) is 0. The fraction of sp³-hybridized carbons (Fsp3) is 0.273. The van der Waals surface area contributed by atoms with Gasteiger partial charge in [-0.25, -0.2) is 4.98 Å². The van der Waals surface area contributed by atoms with Crippen molar-refractivity contribution >= 4 is 0 Å². The van der Waals surface area contributed by atoms with E-state index < -0.39 is 0 Å². The highest BCUT2D eigenvalue weighted by Gasteiger charge is 2.01. The van der Waals surface area contributed by atoms with Gasteiger partial charge in [0.1, 0.15) is 0 Å². The molecule has 0 aliphatic rings. The van der Waals surface area contributed by atoms with Crippen molar-refractivity contribution in [1.29, 1.82) is 0 Å². The van der Waals surface area contributed by atoms with Gasteiger partial charge in [-0.05, 0) is 13.0 Å². The van der Waals surface area contributed by atoms with Crippen molar-refractivity contribution in [3.63, 3.8) is 0 Å². The van der Waals surface area contributed by atoms with Gasteiger partial charge in [0.2, 0.25) is 0 Å². The average Bonchev–Trinajstić information content (AvgIpc) is 2.69. The second kappa shape index (κ2) is 4.13. The monoisotopic (exact) mass is 203 g/mol. The van der Waals surface area contributed by atoms with E-state index in [1.807, 2.05) is 10.6 Å². The summed E-state index contributed by atoms with van der Waals surface area (Å²) in [5.74, 6) is 0. The first-order chi connectivity index (χ1) is 7.31. The number of nitrogens with zero attached hydrogens (tertiary/aromatic N) is 3. The van der Waals surface area contributed by atoms with Crippen LogP contribution in [0.1, 0.15) is 12.6 Å². The van der Waals surface area contributed by atoms with Gasteiger partial charge < -0.3 is 9.13 Å². The molecule has 2 aromatic heterocycles. The van der Waals surface area contributed by atoms with E-state index in [0.717, 1.165) is 12.2 Å². The molecule has 15 heavy (non-hydrogen) atoms. The van der Waals surface area contributed by atoms with Gasteiger partial charge in [-0.1, -0.05) is 6.07 Å². The highest BCUT2D eigenvalue weighted by Crippen LogP contribution is 2.00. The Balaban J connectivity index is 2.30. The zero-order valence-corrected chi connectivity index (χ0v) is 8.63. The second-order valence-corrected chi connectivity index (χ2v) is 3.34. The van der Waals surface area contributed by atoms with Crippen LogP contribution in [-0.2, 0) is 13.1 Å². The van der Waals surface area contributed by atoms with Crippen LogP contribution in [0.4, 0.5) is 0 Å². The number of hydrogen-bond donors (Lipinski definition) is 0. The lowest BCUT2D eigenvalue weighted by atomic mass is 10.4. The molecule has 0 atom stereocenters. The molecule has 0 fully saturated rings. The standard InChI is InChI=1S/C11H13N3O/c1-2-13-9-12-7-10(13)8-14-6-4-3-5-11(14)15/h3-7,9H,2,8H2,1H3. The predicted molar refractivity (Wildman–Crippen MR) is 57.7 cm³/mol. The molecule has 2 aromatic rings. The minimum absolute atomic E-state index is 0.0151. The Labute approximate surface area is 87.8 Å². The van der Waals surface area contributed by atoms with Crippen molar-refractivity contribution in [1.82, 2.24) is 14.1 Å². The maximum absolute atomic E-state index is 11.5. The van der Waals surface area contributed by atoms with Crippen LogP contribution in [-0.4, -0.2) is 14.1 Å². The molecule has 0 spiro atoms. The van der Waals surface area contributed by atoms with Crippen LogP contribution < -0.4 is 5.56 Å². The van der Waals surface area contributed by atoms with Gasteiger partial charge in [0.25, 0.3) is 5.56 Å². The third-order valence-electron chi connectivity index (χ3n) is 2.37. The molecule has 0 N–H and O–H groups in total. The van der Waals surface area contributed by atoms with Gasteiger partial charge >= 0.3 is 0 Å². The SMILES string of the molecule is CCn1cncc1Cn1ccccc1=O. The fourth-order valence-electron chi connectivity index (χ4n) is 1.53. The molecule has 0 unspecified atom stereocenters. The van der Waals surface area contributed by atoms with Crippen molar-refractivity contribution < 1.29 is 0 Å². The number of aromatic nitrogens is 3. The van der Waals surface area contributed by atoms with E-state index in [4.69, 9.17) is 0 Å². The number of imidazole rings is 1. The van der Waals surface area contributed by atoms with Crippen LogP contribution in [0.5, 0.6) is 0 Å². The Hall–Kier alpha value is -1.84. The molecule has 4 nitrogen and oxygen atoms in total. The molecule has 0 radical (unpaired) electrons. The van der Waals surface area contributed by atoms with Crippen molar-refractivity contribution in [3.05, 3.63) is 53.0 Å². The Morgan fingerprint density at radius 2 is 2.20 bits per heavy atom. The molecule has 2 rings (SSSR count). The average molecular weight is 203 g/mol. The third kappa shape index (κ3) is 1.98. The largest absolute Gasteiger partial charge is 0.333 e. The molecule has 0 saturated heterocycles. The molecule has 0 aliphatic carbocycles. The fourth-order valence-corrected chi connectivity index (χ4v) is 1.53. The first kappa shape index (κ1) is 9.71. The van der Waals surface area contributed by atoms with Crippen LogP contribution in [0.15, 0.2) is 41.7 Å². The first-order valence-corrected chi connectivity index (χ1v) is 4.95. The van der Waals surface area contributed by atoms with E-state index in [2.05, 4.69) is 11.9 Å². The van der Waals surface area contributed by atoms with Crippen molar-refractivity contribution in [2.75, 3.05) is 0 Å². The number of hydrogen-bond acceptors (Lipinski definition) is 2. The lowest BCUT2D eigenvalue weighted by Crippen LogP contribution is -2.19. The lowest BCUT2D eigenvalue weighted by Gasteiger charge is -2.06. The topological polar surface area (TPSA) is 39.8 Å². The summed E-state index contributed by atoms with van der Waals surface area (Å²) in [7, 11) is 0. The molecule has 0 aromatic carbocycles. The summed E-state index contributed by atoms with van der Waals surface area (Å²) in [4.78, 5) is 15.5. The summed E-state index contributed by atoms with van der Waals surface area (Å²) in [6.45, 7) is 3.50. The van der Waals surface area contributed by atoms with E-state index in [1.54, 1.807) is 35.4 Å². The van der Waals surface area contributed by atoms with E-state index in [9.17, 15) is 4.79 Å². The van der Waals surface area contributed by atoms with E-state index in [-0.39, 0.29) is 5.56 Å². The van der Waals surface area contributed by atoms with Gasteiger partial charge in [0.15, 0.2) is 0 Å². The van der Waals surface area contributed by atoms with Crippen LogP contribution in [0.2, 0.25) is 0 Å². The zero-order valence-electron chi connectivity index (χ0n) is 8.63. The smallest absolute Gasteiger partial charge is 0.250 e. The summed E-state index contributed by atoms with van der Waals surface area (Å²) in [5.41, 5.74) is 1.06. The molecule has 4 heteroatoms. The minimum atomic E-state index is 0.0151. The van der Waals surface area contributed by atoms with Crippen LogP contribution in [0.25, 0.3) is 0 Å². The third-order valence-corrected chi connectivity index (χ3v) is 2.37. The molecule has 0 aliphatic heterocycles. The Kier molecular flexibility index (Phi) is 2.67. The Morgan fingerprint density at radius 1 is 1.33 bits per heavy atom. The summed E-state index contributed by atoms with van der Waals surface area (Å²) in [6, 6.07) is 5.16. The maximum atomic E-state index is 11.5. The quantitative estimate of drug-likeness (QED) is 0.749. The van der Waals surface area contributed by atoms with Gasteiger partial charge in [-0.2, -0.15) is 0 Å². The number of rotatable bonds is 3. The van der Waals surface area contributed by atoms with Crippen LogP contribution in [0, 0.1) is 0 Å². The molecule has 0 amide bonds. The summed E-state index contributed by atoms with van der Waals surface area (Å²) >= 11 is 0. The zero-order chi connectivity index (χ0) is 10.7. The lowest BCUT2D eigenvalue weighted by molar-refractivity contribution is 0.656. The van der Waals surface area contributed by atoms with Crippen LogP contribution in [0.3, 0.4) is 0 Å². The highest BCUT2D eigenvalue weighted by molar-refractivity contribution is 5.02. The number of aryl methyl sites for hydroxylation is 1. The highest BCUT2D eigenvalue weighted by atomic mass is 16.1. The number of pyridine rings is 1. The van der Waals surface area contributed by atoms with Gasteiger partial charge in [-0.15, -0.1) is 0 Å². The van der Waals surface area contributed by atoms with E-state index >= 15 is 0 Å². The second-order valence-electron chi connectivity index (χ2n) is 3.34. The normalized spacial score (nSPS) is 10.5. The molecule has 0 saturated carbocycles. The summed E-state index contributed by atoms with van der Waals surface area (Å²) in [6.07, 6.45) is 5.36. The van der Waals surface area contributed by atoms with Gasteiger partial charge in [-0.3, -0.25) is 4.79 Å².